The first-order valence-corrected chi connectivity index (χ1v) is 22.5. The Bertz CT molecular complexity index is 2370. The second-order valence-electron chi connectivity index (χ2n) is 16.7. The van der Waals surface area contributed by atoms with Gasteiger partial charge in [-0.25, -0.2) is 14.6 Å². The topological polar surface area (TPSA) is 162 Å². The maximum atomic E-state index is 14.0. The summed E-state index contributed by atoms with van der Waals surface area (Å²) in [7, 11) is 2.64. The highest BCUT2D eigenvalue weighted by Gasteiger charge is 2.40. The van der Waals surface area contributed by atoms with Crippen LogP contribution >= 0.6 is 11.8 Å². The van der Waals surface area contributed by atoms with Gasteiger partial charge < -0.3 is 39.9 Å². The Hall–Kier alpha value is -5.76. The Morgan fingerprint density at radius 1 is 0.689 bits per heavy atom. The summed E-state index contributed by atoms with van der Waals surface area (Å²) >= 11 is 1.90. The number of methoxy groups -OCH3 is 2. The standard InChI is InChI=1S/C47H55N7O6S/c1-28(2)41(51-46(57)59-3)44(55)54-22-6-8-40(54)43-48-27-38(50-43)35-16-15-33-25-32(13-14-34(33)26-35)29-9-11-30(12-10-29)36-17-18-37(49-36)39-7-5-21-53(39)45(56)42(52-47(58)60-4)31-19-23-61-24-20-31/h9-18,25-28,31,39-42,49H,5-8,19-24H2,1-4H3,(H,48,50)(H,51,57)(H,52,58)/t39-,40-,41-,42-/m0/s1. The predicted octanol–water partition coefficient (Wildman–Crippen LogP) is 8.47. The molecule has 4 amide bonds. The molecule has 2 aromatic heterocycles. The zero-order valence-corrected chi connectivity index (χ0v) is 36.1. The summed E-state index contributed by atoms with van der Waals surface area (Å²) in [6, 6.07) is 24.0. The van der Waals surface area contributed by atoms with E-state index >= 15 is 0 Å². The predicted molar refractivity (Wildman–Crippen MR) is 238 cm³/mol. The Morgan fingerprint density at radius 3 is 1.98 bits per heavy atom. The smallest absolute Gasteiger partial charge is 0.407 e. The number of hydrogen-bond acceptors (Lipinski definition) is 8. The number of hydrogen-bond donors (Lipinski definition) is 4. The monoisotopic (exact) mass is 845 g/mol. The van der Waals surface area contributed by atoms with Gasteiger partial charge in [-0.15, -0.1) is 0 Å². The first kappa shape index (κ1) is 42.0. The third kappa shape index (κ3) is 9.00. The van der Waals surface area contributed by atoms with Gasteiger partial charge in [0.05, 0.1) is 38.2 Å². The van der Waals surface area contributed by atoms with Crippen LogP contribution in [0.1, 0.15) is 76.0 Å². The summed E-state index contributed by atoms with van der Waals surface area (Å²) in [4.78, 5) is 67.5. The molecule has 61 heavy (non-hydrogen) atoms. The largest absolute Gasteiger partial charge is 0.453 e. The lowest BCUT2D eigenvalue weighted by molar-refractivity contribution is -0.136. The normalized spacial score (nSPS) is 19.2. The van der Waals surface area contributed by atoms with Crippen molar-refractivity contribution in [2.24, 2.45) is 11.8 Å². The van der Waals surface area contributed by atoms with Crippen molar-refractivity contribution < 1.29 is 28.7 Å². The summed E-state index contributed by atoms with van der Waals surface area (Å²) < 4.78 is 9.68. The number of H-pyrrole nitrogens is 2. The second kappa shape index (κ2) is 18.5. The minimum absolute atomic E-state index is 0.0267. The number of fused-ring (bicyclic) bond motifs is 1. The fourth-order valence-corrected chi connectivity index (χ4v) is 10.3. The second-order valence-corrected chi connectivity index (χ2v) is 17.9. The molecule has 3 saturated heterocycles. The van der Waals surface area contributed by atoms with E-state index in [1.54, 1.807) is 0 Å². The molecule has 3 aliphatic heterocycles. The number of likely N-dealkylation sites (tertiary alicyclic amines) is 2. The van der Waals surface area contributed by atoms with E-state index in [2.05, 4.69) is 93.4 Å². The van der Waals surface area contributed by atoms with Crippen molar-refractivity contribution in [2.45, 2.75) is 76.5 Å². The molecule has 0 spiro atoms. The molecule has 0 saturated carbocycles. The summed E-state index contributed by atoms with van der Waals surface area (Å²) in [5.74, 6) is 2.55. The van der Waals surface area contributed by atoms with Gasteiger partial charge in [0.1, 0.15) is 17.9 Å². The molecule has 0 radical (unpaired) electrons. The van der Waals surface area contributed by atoms with Crippen molar-refractivity contribution in [1.82, 2.24) is 35.4 Å². The molecular formula is C47H55N7O6S. The van der Waals surface area contributed by atoms with Crippen LogP contribution in [0.4, 0.5) is 9.59 Å². The third-order valence-electron chi connectivity index (χ3n) is 12.6. The molecule has 3 aromatic carbocycles. The number of rotatable bonds is 11. The van der Waals surface area contributed by atoms with Crippen molar-refractivity contribution in [3.8, 4) is 33.6 Å². The molecule has 4 atom stereocenters. The van der Waals surface area contributed by atoms with E-state index in [4.69, 9.17) is 14.5 Å². The van der Waals surface area contributed by atoms with Crippen LogP contribution in [-0.4, -0.2) is 99.7 Å². The molecule has 320 valence electrons. The van der Waals surface area contributed by atoms with Crippen LogP contribution < -0.4 is 10.6 Å². The van der Waals surface area contributed by atoms with Crippen LogP contribution in [0.15, 0.2) is 79.0 Å². The number of alkyl carbamates (subject to hydrolysis) is 2. The number of benzene rings is 3. The summed E-state index contributed by atoms with van der Waals surface area (Å²) in [6.45, 7) is 5.08. The van der Waals surface area contributed by atoms with Gasteiger partial charge in [-0.1, -0.05) is 62.4 Å². The number of thioether (sulfide) groups is 1. The number of amides is 4. The van der Waals surface area contributed by atoms with Gasteiger partial charge in [-0.05, 0) is 114 Å². The van der Waals surface area contributed by atoms with E-state index in [1.807, 2.05) is 41.6 Å². The lowest BCUT2D eigenvalue weighted by atomic mass is 9.92. The number of aromatic nitrogens is 3. The number of carbonyl (C=O) groups is 4. The van der Waals surface area contributed by atoms with Crippen LogP contribution in [0.2, 0.25) is 0 Å². The first-order valence-electron chi connectivity index (χ1n) is 21.4. The Balaban J connectivity index is 0.935. The minimum atomic E-state index is -0.685. The van der Waals surface area contributed by atoms with Crippen LogP contribution in [0.5, 0.6) is 0 Å². The van der Waals surface area contributed by atoms with Gasteiger partial charge in [-0.2, -0.15) is 11.8 Å². The molecule has 14 heteroatoms. The van der Waals surface area contributed by atoms with Gasteiger partial charge in [0.15, 0.2) is 0 Å². The van der Waals surface area contributed by atoms with Crippen LogP contribution in [0.25, 0.3) is 44.4 Å². The molecular weight excluding hydrogens is 791 g/mol. The third-order valence-corrected chi connectivity index (χ3v) is 13.6. The number of nitrogens with zero attached hydrogens (tertiary/aromatic N) is 3. The van der Waals surface area contributed by atoms with Gasteiger partial charge in [0, 0.05) is 30.0 Å². The molecule has 0 aliphatic carbocycles. The molecule has 0 unspecified atom stereocenters. The maximum absolute atomic E-state index is 14.0. The van der Waals surface area contributed by atoms with E-state index < -0.39 is 24.3 Å². The zero-order chi connectivity index (χ0) is 42.6. The van der Waals surface area contributed by atoms with Crippen LogP contribution in [0, 0.1) is 11.8 Å². The van der Waals surface area contributed by atoms with Crippen LogP contribution in [-0.2, 0) is 19.1 Å². The number of carbonyl (C=O) groups excluding carboxylic acids is 4. The van der Waals surface area contributed by atoms with Gasteiger partial charge in [0.25, 0.3) is 0 Å². The number of nitrogens with one attached hydrogen (secondary N) is 4. The summed E-state index contributed by atoms with van der Waals surface area (Å²) in [6.07, 6.45) is 5.85. The highest BCUT2D eigenvalue weighted by atomic mass is 32.2. The molecule has 3 fully saturated rings. The lowest BCUT2D eigenvalue weighted by Crippen LogP contribution is -2.52. The van der Waals surface area contributed by atoms with Crippen molar-refractivity contribution >= 4 is 46.5 Å². The molecule has 0 bridgehead atoms. The van der Waals surface area contributed by atoms with E-state index in [0.717, 1.165) is 106 Å². The Labute approximate surface area is 360 Å². The van der Waals surface area contributed by atoms with Gasteiger partial charge in [-0.3, -0.25) is 9.59 Å². The fraction of sp³-hybridized carbons (Fsp3) is 0.426. The molecule has 4 N–H and O–H groups in total. The summed E-state index contributed by atoms with van der Waals surface area (Å²) in [5.41, 5.74) is 7.15. The van der Waals surface area contributed by atoms with Crippen molar-refractivity contribution in [3.05, 3.63) is 90.5 Å². The Morgan fingerprint density at radius 2 is 1.30 bits per heavy atom. The van der Waals surface area contributed by atoms with Crippen LogP contribution in [0.3, 0.4) is 0 Å². The average Bonchev–Trinajstić information content (AvgIpc) is 4.14. The van der Waals surface area contributed by atoms with E-state index in [1.165, 1.54) is 14.2 Å². The lowest BCUT2D eigenvalue weighted by Gasteiger charge is -2.34. The molecule has 5 heterocycles. The average molecular weight is 846 g/mol. The number of aromatic amines is 2. The number of ether oxygens (including phenoxy) is 2. The van der Waals surface area contributed by atoms with Gasteiger partial charge in [0.2, 0.25) is 11.8 Å². The van der Waals surface area contributed by atoms with E-state index in [-0.39, 0.29) is 35.7 Å². The maximum Gasteiger partial charge on any atom is 0.407 e. The Kier molecular flexibility index (Phi) is 12.7. The van der Waals surface area contributed by atoms with Crippen molar-refractivity contribution in [2.75, 3.05) is 38.8 Å². The molecule has 8 rings (SSSR count). The quantitative estimate of drug-likeness (QED) is 0.103. The highest BCUT2D eigenvalue weighted by Crippen LogP contribution is 2.37. The number of imidazole rings is 1. The summed E-state index contributed by atoms with van der Waals surface area (Å²) in [5, 5.41) is 7.81. The van der Waals surface area contributed by atoms with Crippen molar-refractivity contribution in [3.63, 3.8) is 0 Å². The molecule has 5 aromatic rings. The highest BCUT2D eigenvalue weighted by molar-refractivity contribution is 7.99. The van der Waals surface area contributed by atoms with Gasteiger partial charge >= 0.3 is 12.2 Å². The molecule has 13 nitrogen and oxygen atoms in total. The molecule has 3 aliphatic rings. The first-order chi connectivity index (χ1) is 29.6. The minimum Gasteiger partial charge on any atom is -0.453 e. The SMILES string of the molecule is COC(=O)N[C@H](C(=O)N1CCC[C@H]1c1ncc(-c2ccc3cc(-c4ccc(-c5ccc([C@@H]6CCCN6C(=O)[C@@H](NC(=O)OC)C6CCSCC6)[nH]5)cc4)ccc3c2)[nH]1)C(C)C. The van der Waals surface area contributed by atoms with E-state index in [0.29, 0.717) is 13.1 Å². The van der Waals surface area contributed by atoms with E-state index in [9.17, 15) is 19.2 Å². The van der Waals surface area contributed by atoms with Crippen molar-refractivity contribution in [1.29, 1.82) is 0 Å². The zero-order valence-electron chi connectivity index (χ0n) is 35.2. The fourth-order valence-electron chi connectivity index (χ4n) is 9.20.